The highest BCUT2D eigenvalue weighted by Crippen LogP contribution is 2.17. The van der Waals surface area contributed by atoms with E-state index in [4.69, 9.17) is 18.9 Å². The lowest BCUT2D eigenvalue weighted by Crippen LogP contribution is -2.19. The SMILES string of the molecule is c1ccc(C2COCCOCCOCCO2)cc1. The van der Waals surface area contributed by atoms with Crippen LogP contribution in [0.2, 0.25) is 0 Å². The minimum atomic E-state index is -0.0331. The molecule has 0 amide bonds. The van der Waals surface area contributed by atoms with Crippen LogP contribution in [0, 0.1) is 0 Å². The summed E-state index contributed by atoms with van der Waals surface area (Å²) in [7, 11) is 0. The summed E-state index contributed by atoms with van der Waals surface area (Å²) in [5.41, 5.74) is 1.13. The Morgan fingerprint density at radius 1 is 0.722 bits per heavy atom. The van der Waals surface area contributed by atoms with Crippen LogP contribution in [0.4, 0.5) is 0 Å². The van der Waals surface area contributed by atoms with Crippen molar-refractivity contribution in [2.24, 2.45) is 0 Å². The minimum Gasteiger partial charge on any atom is -0.377 e. The van der Waals surface area contributed by atoms with E-state index in [2.05, 4.69) is 12.1 Å². The third-order valence-electron chi connectivity index (χ3n) is 2.73. The van der Waals surface area contributed by atoms with Crippen LogP contribution in [0.5, 0.6) is 0 Å². The van der Waals surface area contributed by atoms with E-state index in [9.17, 15) is 0 Å². The number of ether oxygens (including phenoxy) is 4. The third-order valence-corrected chi connectivity index (χ3v) is 2.73. The van der Waals surface area contributed by atoms with Crippen LogP contribution in [0.3, 0.4) is 0 Å². The monoisotopic (exact) mass is 252 g/mol. The van der Waals surface area contributed by atoms with E-state index in [1.807, 2.05) is 18.2 Å². The van der Waals surface area contributed by atoms with Crippen LogP contribution in [-0.4, -0.2) is 46.2 Å². The van der Waals surface area contributed by atoms with Crippen molar-refractivity contribution < 1.29 is 18.9 Å². The summed E-state index contributed by atoms with van der Waals surface area (Å²) < 4.78 is 22.1. The van der Waals surface area contributed by atoms with Gasteiger partial charge in [-0.3, -0.25) is 0 Å². The molecule has 0 saturated carbocycles. The molecule has 1 aromatic rings. The predicted molar refractivity (Wildman–Crippen MR) is 67.6 cm³/mol. The van der Waals surface area contributed by atoms with Crippen molar-refractivity contribution in [3.8, 4) is 0 Å². The fraction of sp³-hybridized carbons (Fsp3) is 0.571. The van der Waals surface area contributed by atoms with Gasteiger partial charge in [-0.25, -0.2) is 0 Å². The molecule has 18 heavy (non-hydrogen) atoms. The van der Waals surface area contributed by atoms with Crippen molar-refractivity contribution in [1.29, 1.82) is 0 Å². The molecule has 100 valence electrons. The van der Waals surface area contributed by atoms with Gasteiger partial charge >= 0.3 is 0 Å². The van der Waals surface area contributed by atoms with Gasteiger partial charge in [-0.2, -0.15) is 0 Å². The summed E-state index contributed by atoms with van der Waals surface area (Å²) in [6.07, 6.45) is -0.0331. The normalized spacial score (nSPS) is 23.9. The zero-order chi connectivity index (χ0) is 12.5. The molecule has 1 unspecified atom stereocenters. The molecule has 1 atom stereocenters. The first-order valence-corrected chi connectivity index (χ1v) is 6.36. The average molecular weight is 252 g/mol. The maximum Gasteiger partial charge on any atom is 0.106 e. The second-order valence-corrected chi connectivity index (χ2v) is 4.07. The van der Waals surface area contributed by atoms with Gasteiger partial charge in [0.1, 0.15) is 6.10 Å². The van der Waals surface area contributed by atoms with Crippen LogP contribution in [0.1, 0.15) is 11.7 Å². The first kappa shape index (κ1) is 13.5. The molecular weight excluding hydrogens is 232 g/mol. The van der Waals surface area contributed by atoms with Crippen molar-refractivity contribution in [2.45, 2.75) is 6.10 Å². The molecule has 0 bridgehead atoms. The smallest absolute Gasteiger partial charge is 0.106 e. The van der Waals surface area contributed by atoms with E-state index in [1.165, 1.54) is 0 Å². The Hall–Kier alpha value is -0.940. The molecule has 0 N–H and O–H groups in total. The molecule has 4 heteroatoms. The van der Waals surface area contributed by atoms with E-state index in [0.29, 0.717) is 46.2 Å². The van der Waals surface area contributed by atoms with Crippen molar-refractivity contribution in [2.75, 3.05) is 46.2 Å². The average Bonchev–Trinajstić information content (AvgIpc) is 2.40. The largest absolute Gasteiger partial charge is 0.377 e. The van der Waals surface area contributed by atoms with Gasteiger partial charge in [0.15, 0.2) is 0 Å². The van der Waals surface area contributed by atoms with Crippen LogP contribution in [0.15, 0.2) is 30.3 Å². The summed E-state index contributed by atoms with van der Waals surface area (Å²) in [5.74, 6) is 0. The van der Waals surface area contributed by atoms with Gasteiger partial charge in [-0.05, 0) is 5.56 Å². The van der Waals surface area contributed by atoms with Gasteiger partial charge < -0.3 is 18.9 Å². The molecule has 1 aliphatic heterocycles. The maximum absolute atomic E-state index is 5.81. The molecule has 1 heterocycles. The topological polar surface area (TPSA) is 36.9 Å². The Morgan fingerprint density at radius 3 is 2.06 bits per heavy atom. The van der Waals surface area contributed by atoms with Gasteiger partial charge in [-0.1, -0.05) is 30.3 Å². The summed E-state index contributed by atoms with van der Waals surface area (Å²) in [6.45, 7) is 4.13. The molecule has 4 nitrogen and oxygen atoms in total. The molecule has 1 fully saturated rings. The maximum atomic E-state index is 5.81. The van der Waals surface area contributed by atoms with Gasteiger partial charge in [0.05, 0.1) is 46.2 Å². The molecular formula is C14H20O4. The third kappa shape index (κ3) is 4.74. The summed E-state index contributed by atoms with van der Waals surface area (Å²) in [6, 6.07) is 10.1. The number of hydrogen-bond donors (Lipinski definition) is 0. The number of benzene rings is 1. The molecule has 0 aromatic heterocycles. The zero-order valence-electron chi connectivity index (χ0n) is 10.5. The van der Waals surface area contributed by atoms with Crippen LogP contribution >= 0.6 is 0 Å². The lowest BCUT2D eigenvalue weighted by atomic mass is 10.1. The predicted octanol–water partition coefficient (Wildman–Crippen LogP) is 1.81. The summed E-state index contributed by atoms with van der Waals surface area (Å²) >= 11 is 0. The standard InChI is InChI=1S/C14H20O4/c1-2-4-13(5-3-1)14-12-17-9-8-15-6-7-16-10-11-18-14/h1-5,14H,6-12H2. The van der Waals surface area contributed by atoms with Crippen molar-refractivity contribution in [1.82, 2.24) is 0 Å². The molecule has 0 radical (unpaired) electrons. The Morgan fingerprint density at radius 2 is 1.33 bits per heavy atom. The number of hydrogen-bond acceptors (Lipinski definition) is 4. The highest BCUT2D eigenvalue weighted by Gasteiger charge is 2.12. The fourth-order valence-corrected chi connectivity index (χ4v) is 1.79. The molecule has 0 spiro atoms. The van der Waals surface area contributed by atoms with Crippen LogP contribution in [-0.2, 0) is 18.9 Å². The Labute approximate surface area is 108 Å². The van der Waals surface area contributed by atoms with Crippen molar-refractivity contribution in [3.63, 3.8) is 0 Å². The second-order valence-electron chi connectivity index (χ2n) is 4.07. The van der Waals surface area contributed by atoms with Crippen molar-refractivity contribution >= 4 is 0 Å². The second kappa shape index (κ2) is 8.21. The lowest BCUT2D eigenvalue weighted by molar-refractivity contribution is -0.0679. The van der Waals surface area contributed by atoms with Crippen LogP contribution < -0.4 is 0 Å². The quantitative estimate of drug-likeness (QED) is 0.764. The molecule has 1 aliphatic rings. The lowest BCUT2D eigenvalue weighted by Gasteiger charge is -2.19. The van der Waals surface area contributed by atoms with E-state index < -0.39 is 0 Å². The van der Waals surface area contributed by atoms with E-state index in [1.54, 1.807) is 0 Å². The highest BCUT2D eigenvalue weighted by molar-refractivity contribution is 5.17. The molecule has 1 saturated heterocycles. The van der Waals surface area contributed by atoms with Crippen LogP contribution in [0.25, 0.3) is 0 Å². The van der Waals surface area contributed by atoms with E-state index in [0.717, 1.165) is 5.56 Å². The van der Waals surface area contributed by atoms with E-state index >= 15 is 0 Å². The van der Waals surface area contributed by atoms with Gasteiger partial charge in [0, 0.05) is 0 Å². The van der Waals surface area contributed by atoms with E-state index in [-0.39, 0.29) is 6.10 Å². The van der Waals surface area contributed by atoms with Gasteiger partial charge in [-0.15, -0.1) is 0 Å². The van der Waals surface area contributed by atoms with Gasteiger partial charge in [0.2, 0.25) is 0 Å². The fourth-order valence-electron chi connectivity index (χ4n) is 1.79. The first-order chi connectivity index (χ1) is 8.97. The molecule has 0 aliphatic carbocycles. The Bertz CT molecular complexity index is 303. The summed E-state index contributed by atoms with van der Waals surface area (Å²) in [4.78, 5) is 0. The Balaban J connectivity index is 1.89. The zero-order valence-corrected chi connectivity index (χ0v) is 10.5. The number of rotatable bonds is 1. The molecule has 1 aromatic carbocycles. The minimum absolute atomic E-state index is 0.0331. The van der Waals surface area contributed by atoms with Gasteiger partial charge in [0.25, 0.3) is 0 Å². The summed E-state index contributed by atoms with van der Waals surface area (Å²) in [5, 5.41) is 0. The molecule has 2 rings (SSSR count). The van der Waals surface area contributed by atoms with Crippen molar-refractivity contribution in [3.05, 3.63) is 35.9 Å². The Kier molecular flexibility index (Phi) is 6.16. The highest BCUT2D eigenvalue weighted by atomic mass is 16.6. The first-order valence-electron chi connectivity index (χ1n) is 6.36.